The van der Waals surface area contributed by atoms with E-state index in [1.807, 2.05) is 0 Å². The predicted molar refractivity (Wildman–Crippen MR) is 108 cm³/mol. The summed E-state index contributed by atoms with van der Waals surface area (Å²) < 4.78 is 34.4. The lowest BCUT2D eigenvalue weighted by molar-refractivity contribution is 0.0697. The van der Waals surface area contributed by atoms with Gasteiger partial charge in [0.25, 0.3) is 6.43 Å². The lowest BCUT2D eigenvalue weighted by Crippen LogP contribution is -2.01. The number of hydrogen-bond acceptors (Lipinski definition) is 4. The number of methoxy groups -OCH3 is 1. The van der Waals surface area contributed by atoms with Gasteiger partial charge in [0.2, 0.25) is 0 Å². The van der Waals surface area contributed by atoms with E-state index in [4.69, 9.17) is 9.84 Å². The van der Waals surface area contributed by atoms with Gasteiger partial charge in [0.05, 0.1) is 35.1 Å². The molecule has 2 heterocycles. The lowest BCUT2D eigenvalue weighted by Gasteiger charge is -2.09. The zero-order chi connectivity index (χ0) is 21.4. The van der Waals surface area contributed by atoms with Crippen molar-refractivity contribution in [2.45, 2.75) is 13.3 Å². The third kappa shape index (κ3) is 3.36. The Kier molecular flexibility index (Phi) is 4.91. The van der Waals surface area contributed by atoms with Crippen LogP contribution in [0.5, 0.6) is 5.75 Å². The minimum absolute atomic E-state index is 0.118. The molecule has 2 aromatic carbocycles. The lowest BCUT2D eigenvalue weighted by atomic mass is 10.1. The molecule has 0 aliphatic carbocycles. The van der Waals surface area contributed by atoms with Crippen LogP contribution in [0.2, 0.25) is 0 Å². The van der Waals surface area contributed by atoms with Crippen LogP contribution in [0.15, 0.2) is 54.6 Å². The molecule has 0 radical (unpaired) electrons. The number of pyridine rings is 1. The van der Waals surface area contributed by atoms with Gasteiger partial charge in [-0.2, -0.15) is 5.10 Å². The van der Waals surface area contributed by atoms with Crippen molar-refractivity contribution in [3.63, 3.8) is 0 Å². The molecule has 0 saturated heterocycles. The maximum atomic E-state index is 13.9. The molecule has 0 aliphatic rings. The first-order chi connectivity index (χ1) is 14.4. The summed E-state index contributed by atoms with van der Waals surface area (Å²) >= 11 is 0. The number of carboxylic acids is 1. The number of halogens is 2. The number of aryl methyl sites for hydroxylation is 1. The fourth-order valence-electron chi connectivity index (χ4n) is 3.33. The van der Waals surface area contributed by atoms with Crippen LogP contribution in [0.1, 0.15) is 28.0 Å². The van der Waals surface area contributed by atoms with Gasteiger partial charge in [0.1, 0.15) is 5.75 Å². The molecule has 0 aliphatic heterocycles. The molecule has 2 aromatic heterocycles. The number of carboxylic acid groups (broad SMARTS) is 1. The van der Waals surface area contributed by atoms with Crippen LogP contribution >= 0.6 is 0 Å². The first-order valence-corrected chi connectivity index (χ1v) is 9.05. The van der Waals surface area contributed by atoms with Crippen LogP contribution in [0.4, 0.5) is 8.78 Å². The fraction of sp³-hybridized carbons (Fsp3) is 0.136. The molecule has 4 rings (SSSR count). The highest BCUT2D eigenvalue weighted by molar-refractivity contribution is 5.89. The fourth-order valence-corrected chi connectivity index (χ4v) is 3.33. The molecular formula is C22H17F2N3O3. The molecule has 6 nitrogen and oxygen atoms in total. The van der Waals surface area contributed by atoms with Gasteiger partial charge in [-0.15, -0.1) is 0 Å². The first-order valence-electron chi connectivity index (χ1n) is 9.05. The van der Waals surface area contributed by atoms with Crippen LogP contribution in [-0.4, -0.2) is 33.0 Å². The maximum Gasteiger partial charge on any atom is 0.335 e. The summed E-state index contributed by atoms with van der Waals surface area (Å²) in [5, 5.41) is 13.8. The minimum Gasteiger partial charge on any atom is -0.497 e. The van der Waals surface area contributed by atoms with Crippen molar-refractivity contribution in [1.29, 1.82) is 0 Å². The number of carbonyl (C=O) groups is 1. The number of ether oxygens (including phenoxy) is 1. The second kappa shape index (κ2) is 7.55. The minimum atomic E-state index is -2.71. The van der Waals surface area contributed by atoms with E-state index in [0.717, 1.165) is 0 Å². The number of fused-ring (bicyclic) bond motifs is 1. The first kappa shape index (κ1) is 19.5. The van der Waals surface area contributed by atoms with Crippen LogP contribution in [0, 0.1) is 6.92 Å². The molecular weight excluding hydrogens is 392 g/mol. The third-order valence-corrected chi connectivity index (χ3v) is 4.82. The van der Waals surface area contributed by atoms with E-state index in [9.17, 15) is 13.6 Å². The highest BCUT2D eigenvalue weighted by Crippen LogP contribution is 2.34. The van der Waals surface area contributed by atoms with E-state index < -0.39 is 12.4 Å². The SMILES string of the molecule is COc1ccc(-c2cc(C(F)F)c3c(C)nn(-c4ccc(C(=O)O)cc4)c3n2)cc1. The van der Waals surface area contributed by atoms with E-state index in [-0.39, 0.29) is 22.2 Å². The van der Waals surface area contributed by atoms with E-state index in [1.54, 1.807) is 50.4 Å². The maximum absolute atomic E-state index is 13.9. The number of nitrogens with zero attached hydrogens (tertiary/aromatic N) is 3. The molecule has 0 atom stereocenters. The Morgan fingerprint density at radius 1 is 1.10 bits per heavy atom. The van der Waals surface area contributed by atoms with Crippen LogP contribution in [0.25, 0.3) is 28.0 Å². The molecule has 152 valence electrons. The van der Waals surface area contributed by atoms with E-state index >= 15 is 0 Å². The number of hydrogen-bond donors (Lipinski definition) is 1. The normalized spacial score (nSPS) is 11.2. The van der Waals surface area contributed by atoms with Crippen LogP contribution in [-0.2, 0) is 0 Å². The zero-order valence-electron chi connectivity index (χ0n) is 16.1. The Bertz CT molecular complexity index is 1230. The van der Waals surface area contributed by atoms with Gasteiger partial charge in [-0.1, -0.05) is 0 Å². The topological polar surface area (TPSA) is 77.2 Å². The third-order valence-electron chi connectivity index (χ3n) is 4.82. The van der Waals surface area contributed by atoms with Crippen molar-refractivity contribution >= 4 is 17.0 Å². The van der Waals surface area contributed by atoms with Crippen LogP contribution in [0.3, 0.4) is 0 Å². The molecule has 0 unspecified atom stereocenters. The van der Waals surface area contributed by atoms with E-state index in [0.29, 0.717) is 28.4 Å². The average molecular weight is 409 g/mol. The molecule has 0 spiro atoms. The summed E-state index contributed by atoms with van der Waals surface area (Å²) in [6, 6.07) is 14.3. The van der Waals surface area contributed by atoms with Crippen LogP contribution < -0.4 is 4.74 Å². The predicted octanol–water partition coefficient (Wildman–Crippen LogP) is 5.04. The molecule has 4 aromatic rings. The van der Waals surface area contributed by atoms with Crippen molar-refractivity contribution in [2.75, 3.05) is 7.11 Å². The Hall–Kier alpha value is -3.81. The summed E-state index contributed by atoms with van der Waals surface area (Å²) in [6.07, 6.45) is -2.71. The van der Waals surface area contributed by atoms with Gasteiger partial charge in [0, 0.05) is 11.1 Å². The number of aromatic carboxylic acids is 1. The second-order valence-electron chi connectivity index (χ2n) is 6.67. The van der Waals surface area contributed by atoms with Crippen molar-refractivity contribution in [1.82, 2.24) is 14.8 Å². The number of rotatable bonds is 5. The van der Waals surface area contributed by atoms with Gasteiger partial charge in [-0.3, -0.25) is 0 Å². The summed E-state index contributed by atoms with van der Waals surface area (Å²) in [5.74, 6) is -0.406. The number of aromatic nitrogens is 3. The van der Waals surface area contributed by atoms with Crippen molar-refractivity contribution < 1.29 is 23.4 Å². The average Bonchev–Trinajstić information content (AvgIpc) is 3.09. The highest BCUT2D eigenvalue weighted by atomic mass is 19.3. The van der Waals surface area contributed by atoms with Gasteiger partial charge in [0.15, 0.2) is 5.65 Å². The number of benzene rings is 2. The zero-order valence-corrected chi connectivity index (χ0v) is 16.1. The van der Waals surface area contributed by atoms with Gasteiger partial charge in [-0.05, 0) is 61.5 Å². The van der Waals surface area contributed by atoms with E-state index in [2.05, 4.69) is 10.1 Å². The molecule has 30 heavy (non-hydrogen) atoms. The molecule has 0 saturated carbocycles. The quantitative estimate of drug-likeness (QED) is 0.500. The Balaban J connectivity index is 1.93. The second-order valence-corrected chi connectivity index (χ2v) is 6.67. The smallest absolute Gasteiger partial charge is 0.335 e. The molecule has 0 bridgehead atoms. The van der Waals surface area contributed by atoms with Crippen molar-refractivity contribution in [3.8, 4) is 22.7 Å². The summed E-state index contributed by atoms with van der Waals surface area (Å²) in [6.45, 7) is 1.64. The van der Waals surface area contributed by atoms with Gasteiger partial charge < -0.3 is 9.84 Å². The Morgan fingerprint density at radius 3 is 2.33 bits per heavy atom. The molecule has 0 fully saturated rings. The summed E-state index contributed by atoms with van der Waals surface area (Å²) in [4.78, 5) is 15.7. The van der Waals surface area contributed by atoms with E-state index in [1.165, 1.54) is 22.9 Å². The molecule has 1 N–H and O–H groups in total. The van der Waals surface area contributed by atoms with Gasteiger partial charge in [-0.25, -0.2) is 23.2 Å². The summed E-state index contributed by atoms with van der Waals surface area (Å²) in [5.41, 5.74) is 2.21. The summed E-state index contributed by atoms with van der Waals surface area (Å²) in [7, 11) is 1.55. The Morgan fingerprint density at radius 2 is 1.77 bits per heavy atom. The van der Waals surface area contributed by atoms with Gasteiger partial charge >= 0.3 is 5.97 Å². The monoisotopic (exact) mass is 409 g/mol. The Labute approximate surface area is 170 Å². The van der Waals surface area contributed by atoms with Crippen molar-refractivity contribution in [2.24, 2.45) is 0 Å². The van der Waals surface area contributed by atoms with Crippen molar-refractivity contribution in [3.05, 3.63) is 71.4 Å². The molecule has 8 heteroatoms. The highest BCUT2D eigenvalue weighted by Gasteiger charge is 2.22. The largest absolute Gasteiger partial charge is 0.497 e. The standard InChI is InChI=1S/C22H17F2N3O3/c1-12-19-17(20(23)24)11-18(13-5-9-16(30-2)10-6-13)25-21(19)27(26-12)15-7-3-14(4-8-15)22(28)29/h3-11,20H,1-2H3,(H,28,29). The number of alkyl halides is 2. The molecule has 0 amide bonds.